The summed E-state index contributed by atoms with van der Waals surface area (Å²) in [7, 11) is 0. The first kappa shape index (κ1) is 11.9. The number of hydrogen-bond acceptors (Lipinski definition) is 2. The zero-order valence-electron chi connectivity index (χ0n) is 10.4. The molecule has 1 heterocycles. The highest BCUT2D eigenvalue weighted by atomic mass is 15.1. The van der Waals surface area contributed by atoms with Crippen LogP contribution in [0.3, 0.4) is 0 Å². The maximum absolute atomic E-state index is 3.96. The van der Waals surface area contributed by atoms with Crippen LogP contribution < -0.4 is 5.32 Å². The molecule has 2 aromatic rings. The van der Waals surface area contributed by atoms with E-state index < -0.39 is 0 Å². The van der Waals surface area contributed by atoms with Gasteiger partial charge in [-0.3, -0.25) is 5.10 Å². The average molecular weight is 229 g/mol. The zero-order chi connectivity index (χ0) is 12.1. The lowest BCUT2D eigenvalue weighted by molar-refractivity contribution is 0.562. The van der Waals surface area contributed by atoms with E-state index in [9.17, 15) is 0 Å². The Bertz CT molecular complexity index is 448. The molecule has 0 bridgehead atoms. The molecule has 0 amide bonds. The normalized spacial score (nSPS) is 12.6. The van der Waals surface area contributed by atoms with Crippen molar-refractivity contribution >= 4 is 0 Å². The Morgan fingerprint density at radius 2 is 2.12 bits per heavy atom. The number of nitrogens with one attached hydrogen (secondary N) is 2. The standard InChI is InChI=1S/C14H19N3/c1-11-5-3-4-6-13(11)7-9-15-12(2)14-8-10-16-17-14/h3-6,8,10,12,15H,7,9H2,1-2H3,(H,16,17). The van der Waals surface area contributed by atoms with E-state index in [1.165, 1.54) is 11.1 Å². The van der Waals surface area contributed by atoms with Gasteiger partial charge in [-0.1, -0.05) is 24.3 Å². The lowest BCUT2D eigenvalue weighted by atomic mass is 10.1. The highest BCUT2D eigenvalue weighted by Crippen LogP contribution is 2.09. The molecule has 0 spiro atoms. The number of benzene rings is 1. The summed E-state index contributed by atoms with van der Waals surface area (Å²) in [6.45, 7) is 5.28. The molecule has 90 valence electrons. The van der Waals surface area contributed by atoms with E-state index in [0.29, 0.717) is 6.04 Å². The van der Waals surface area contributed by atoms with Crippen LogP contribution in [-0.4, -0.2) is 16.7 Å². The van der Waals surface area contributed by atoms with Crippen molar-refractivity contribution in [2.45, 2.75) is 26.3 Å². The second-order valence-corrected chi connectivity index (χ2v) is 4.36. The number of rotatable bonds is 5. The van der Waals surface area contributed by atoms with Gasteiger partial charge in [-0.2, -0.15) is 5.10 Å². The van der Waals surface area contributed by atoms with Gasteiger partial charge in [0.15, 0.2) is 0 Å². The van der Waals surface area contributed by atoms with Crippen molar-refractivity contribution in [3.8, 4) is 0 Å². The lowest BCUT2D eigenvalue weighted by Crippen LogP contribution is -2.21. The molecule has 0 radical (unpaired) electrons. The molecule has 0 aliphatic carbocycles. The maximum atomic E-state index is 3.96. The predicted octanol–water partition coefficient (Wildman–Crippen LogP) is 2.61. The number of H-pyrrole nitrogens is 1. The Morgan fingerprint density at radius 3 is 2.82 bits per heavy atom. The van der Waals surface area contributed by atoms with Crippen molar-refractivity contribution in [1.29, 1.82) is 0 Å². The second-order valence-electron chi connectivity index (χ2n) is 4.36. The summed E-state index contributed by atoms with van der Waals surface area (Å²) >= 11 is 0. The molecule has 3 nitrogen and oxygen atoms in total. The Labute approximate surface area is 102 Å². The Balaban J connectivity index is 1.82. The first-order chi connectivity index (χ1) is 8.27. The minimum atomic E-state index is 0.321. The van der Waals surface area contributed by atoms with Crippen LogP contribution in [0.5, 0.6) is 0 Å². The van der Waals surface area contributed by atoms with Gasteiger partial charge in [0.05, 0.1) is 5.69 Å². The molecule has 1 unspecified atom stereocenters. The van der Waals surface area contributed by atoms with Crippen LogP contribution in [0.1, 0.15) is 29.8 Å². The largest absolute Gasteiger partial charge is 0.309 e. The van der Waals surface area contributed by atoms with E-state index in [-0.39, 0.29) is 0 Å². The minimum absolute atomic E-state index is 0.321. The predicted molar refractivity (Wildman–Crippen MR) is 69.9 cm³/mol. The lowest BCUT2D eigenvalue weighted by Gasteiger charge is -2.12. The number of aromatic amines is 1. The van der Waals surface area contributed by atoms with Crippen molar-refractivity contribution in [2.75, 3.05) is 6.54 Å². The third-order valence-electron chi connectivity index (χ3n) is 3.09. The molecule has 0 aliphatic rings. The van der Waals surface area contributed by atoms with Gasteiger partial charge in [0, 0.05) is 12.2 Å². The number of hydrogen-bond donors (Lipinski definition) is 2. The van der Waals surface area contributed by atoms with Gasteiger partial charge in [-0.15, -0.1) is 0 Å². The summed E-state index contributed by atoms with van der Waals surface area (Å²) in [6.07, 6.45) is 2.85. The summed E-state index contributed by atoms with van der Waals surface area (Å²) in [6, 6.07) is 10.9. The van der Waals surface area contributed by atoms with Gasteiger partial charge in [0.2, 0.25) is 0 Å². The Morgan fingerprint density at radius 1 is 1.29 bits per heavy atom. The van der Waals surface area contributed by atoms with Crippen molar-refractivity contribution in [3.63, 3.8) is 0 Å². The van der Waals surface area contributed by atoms with Crippen molar-refractivity contribution in [1.82, 2.24) is 15.5 Å². The SMILES string of the molecule is Cc1ccccc1CCNC(C)c1ccn[nH]1. The monoisotopic (exact) mass is 229 g/mol. The van der Waals surface area contributed by atoms with E-state index >= 15 is 0 Å². The Hall–Kier alpha value is -1.61. The van der Waals surface area contributed by atoms with Crippen LogP contribution in [0.25, 0.3) is 0 Å². The molecule has 1 aromatic heterocycles. The van der Waals surface area contributed by atoms with Crippen molar-refractivity contribution in [2.24, 2.45) is 0 Å². The third-order valence-corrected chi connectivity index (χ3v) is 3.09. The zero-order valence-corrected chi connectivity index (χ0v) is 10.4. The third kappa shape index (κ3) is 3.17. The molecule has 1 atom stereocenters. The Kier molecular flexibility index (Phi) is 3.94. The molecule has 2 rings (SSSR count). The van der Waals surface area contributed by atoms with Crippen LogP contribution in [-0.2, 0) is 6.42 Å². The van der Waals surface area contributed by atoms with Gasteiger partial charge in [0.1, 0.15) is 0 Å². The molecule has 0 saturated carbocycles. The van der Waals surface area contributed by atoms with E-state index in [1.54, 1.807) is 6.20 Å². The number of nitrogens with zero attached hydrogens (tertiary/aromatic N) is 1. The summed E-state index contributed by atoms with van der Waals surface area (Å²) in [5.41, 5.74) is 3.91. The van der Waals surface area contributed by atoms with Crippen LogP contribution in [0, 0.1) is 6.92 Å². The highest BCUT2D eigenvalue weighted by Gasteiger charge is 2.05. The molecular weight excluding hydrogens is 210 g/mol. The fourth-order valence-electron chi connectivity index (χ4n) is 1.93. The summed E-state index contributed by atoms with van der Waals surface area (Å²) in [5, 5.41) is 10.4. The topological polar surface area (TPSA) is 40.7 Å². The molecule has 0 aliphatic heterocycles. The number of aryl methyl sites for hydroxylation is 1. The van der Waals surface area contributed by atoms with Gasteiger partial charge in [-0.05, 0) is 44.0 Å². The molecule has 3 heteroatoms. The number of aromatic nitrogens is 2. The molecule has 1 aromatic carbocycles. The molecule has 0 saturated heterocycles. The van der Waals surface area contributed by atoms with Crippen LogP contribution in [0.2, 0.25) is 0 Å². The fourth-order valence-corrected chi connectivity index (χ4v) is 1.93. The quantitative estimate of drug-likeness (QED) is 0.827. The van der Waals surface area contributed by atoms with E-state index in [4.69, 9.17) is 0 Å². The highest BCUT2D eigenvalue weighted by molar-refractivity contribution is 5.25. The molecule has 2 N–H and O–H groups in total. The van der Waals surface area contributed by atoms with E-state index in [1.807, 2.05) is 6.07 Å². The first-order valence-electron chi connectivity index (χ1n) is 6.04. The van der Waals surface area contributed by atoms with Gasteiger partial charge >= 0.3 is 0 Å². The van der Waals surface area contributed by atoms with Gasteiger partial charge in [0.25, 0.3) is 0 Å². The molecule has 0 fully saturated rings. The fraction of sp³-hybridized carbons (Fsp3) is 0.357. The van der Waals surface area contributed by atoms with E-state index in [0.717, 1.165) is 18.7 Å². The van der Waals surface area contributed by atoms with Gasteiger partial charge < -0.3 is 5.32 Å². The maximum Gasteiger partial charge on any atom is 0.0518 e. The molecular formula is C14H19N3. The second kappa shape index (κ2) is 5.64. The van der Waals surface area contributed by atoms with Crippen LogP contribution >= 0.6 is 0 Å². The van der Waals surface area contributed by atoms with Crippen LogP contribution in [0.4, 0.5) is 0 Å². The molecule has 17 heavy (non-hydrogen) atoms. The summed E-state index contributed by atoms with van der Waals surface area (Å²) in [4.78, 5) is 0. The van der Waals surface area contributed by atoms with E-state index in [2.05, 4.69) is 53.6 Å². The summed E-state index contributed by atoms with van der Waals surface area (Å²) < 4.78 is 0. The van der Waals surface area contributed by atoms with Crippen molar-refractivity contribution in [3.05, 3.63) is 53.3 Å². The smallest absolute Gasteiger partial charge is 0.0518 e. The van der Waals surface area contributed by atoms with Gasteiger partial charge in [-0.25, -0.2) is 0 Å². The van der Waals surface area contributed by atoms with Crippen molar-refractivity contribution < 1.29 is 0 Å². The van der Waals surface area contributed by atoms with Crippen LogP contribution in [0.15, 0.2) is 36.5 Å². The minimum Gasteiger partial charge on any atom is -0.309 e. The summed E-state index contributed by atoms with van der Waals surface area (Å²) in [5.74, 6) is 0. The average Bonchev–Trinajstić information content (AvgIpc) is 2.85. The first-order valence-corrected chi connectivity index (χ1v) is 6.04.